The van der Waals surface area contributed by atoms with Crippen LogP contribution in [-0.4, -0.2) is 78.1 Å². The van der Waals surface area contributed by atoms with Gasteiger partial charge in [-0.15, -0.1) is 0 Å². The van der Waals surface area contributed by atoms with Crippen molar-refractivity contribution < 1.29 is 43.2 Å². The molecular weight excluding hydrogens is 338 g/mol. The first kappa shape index (κ1) is 20.8. The Hall–Kier alpha value is -2.20. The number of nitrogens with zero attached hydrogens (tertiary/aromatic N) is 1. The number of esters is 3. The first-order valence-electron chi connectivity index (χ1n) is 7.59. The van der Waals surface area contributed by atoms with Gasteiger partial charge >= 0.3 is 17.9 Å². The Morgan fingerprint density at radius 3 is 1.92 bits per heavy atom. The number of rotatable bonds is 5. The van der Waals surface area contributed by atoms with Crippen molar-refractivity contribution in [2.24, 2.45) is 0 Å². The zero-order valence-electron chi connectivity index (χ0n) is 14.8. The summed E-state index contributed by atoms with van der Waals surface area (Å²) in [4.78, 5) is 46.9. The molecule has 1 heterocycles. The predicted octanol–water partition coefficient (Wildman–Crippen LogP) is -1.02. The number of hydrogen-bond acceptors (Lipinski definition) is 9. The Labute approximate surface area is 144 Å². The molecule has 0 bridgehead atoms. The van der Waals surface area contributed by atoms with Crippen LogP contribution in [0.3, 0.4) is 0 Å². The first-order valence-corrected chi connectivity index (χ1v) is 7.59. The molecule has 10 nitrogen and oxygen atoms in total. The van der Waals surface area contributed by atoms with E-state index in [1.807, 2.05) is 0 Å². The molecular formula is C15H23NO9. The summed E-state index contributed by atoms with van der Waals surface area (Å²) in [5.74, 6) is -2.41. The molecule has 5 atom stereocenters. The fraction of sp³-hybridized carbons (Fsp3) is 0.733. The van der Waals surface area contributed by atoms with Gasteiger partial charge in [-0.3, -0.25) is 19.2 Å². The number of carbonyl (C=O) groups excluding carboxylic acids is 4. The summed E-state index contributed by atoms with van der Waals surface area (Å²) < 4.78 is 20.5. The van der Waals surface area contributed by atoms with Crippen molar-refractivity contribution in [3.63, 3.8) is 0 Å². The van der Waals surface area contributed by atoms with E-state index in [1.165, 1.54) is 25.8 Å². The molecule has 10 heteroatoms. The smallest absolute Gasteiger partial charge is 0.303 e. The number of likely N-dealkylation sites (N-methyl/N-ethyl adjacent to an activating group) is 1. The molecule has 0 spiro atoms. The van der Waals surface area contributed by atoms with Crippen molar-refractivity contribution in [3.05, 3.63) is 0 Å². The number of amides is 1. The van der Waals surface area contributed by atoms with Crippen molar-refractivity contribution in [1.82, 2.24) is 4.90 Å². The highest BCUT2D eigenvalue weighted by molar-refractivity contribution is 5.74. The number of aliphatic hydroxyl groups is 1. The van der Waals surface area contributed by atoms with Gasteiger partial charge in [-0.2, -0.15) is 0 Å². The predicted molar refractivity (Wildman–Crippen MR) is 80.9 cm³/mol. The number of carbonyl (C=O) groups is 4. The van der Waals surface area contributed by atoms with Crippen molar-refractivity contribution in [3.8, 4) is 0 Å². The first-order chi connectivity index (χ1) is 11.5. The van der Waals surface area contributed by atoms with Gasteiger partial charge in [-0.25, -0.2) is 0 Å². The molecule has 0 unspecified atom stereocenters. The highest BCUT2D eigenvalue weighted by Crippen LogP contribution is 2.28. The van der Waals surface area contributed by atoms with Gasteiger partial charge in [0.05, 0.1) is 0 Å². The maximum atomic E-state index is 11.8. The highest BCUT2D eigenvalue weighted by atomic mass is 16.7. The van der Waals surface area contributed by atoms with Gasteiger partial charge in [0.25, 0.3) is 0 Å². The average Bonchev–Trinajstić information content (AvgIpc) is 2.47. The maximum absolute atomic E-state index is 11.8. The molecule has 1 amide bonds. The van der Waals surface area contributed by atoms with E-state index < -0.39 is 54.5 Å². The van der Waals surface area contributed by atoms with Crippen LogP contribution in [0.25, 0.3) is 0 Å². The Kier molecular flexibility index (Phi) is 7.31. The largest absolute Gasteiger partial charge is 0.463 e. The van der Waals surface area contributed by atoms with E-state index >= 15 is 0 Å². The van der Waals surface area contributed by atoms with E-state index in [-0.39, 0.29) is 6.61 Å². The van der Waals surface area contributed by atoms with Crippen LogP contribution in [0.2, 0.25) is 0 Å². The van der Waals surface area contributed by atoms with E-state index in [0.29, 0.717) is 0 Å². The maximum Gasteiger partial charge on any atom is 0.303 e. The molecule has 1 fully saturated rings. The minimum atomic E-state index is -1.63. The summed E-state index contributed by atoms with van der Waals surface area (Å²) in [5, 5.41) is 10.1. The molecule has 0 saturated carbocycles. The van der Waals surface area contributed by atoms with Gasteiger partial charge in [0.15, 0.2) is 18.5 Å². The SMILES string of the molecule is CC(=O)OC[C@H]1O[C@H](O)[C@@H](OC(C)=O)[C@@H](OC(C)=O)[C@H]1N(C)C(C)=O. The Bertz CT molecular complexity index is 535. The van der Waals surface area contributed by atoms with Gasteiger partial charge in [0.1, 0.15) is 18.8 Å². The third kappa shape index (κ3) is 5.68. The molecule has 0 aromatic heterocycles. The molecule has 1 aliphatic rings. The second kappa shape index (κ2) is 8.77. The molecule has 1 rings (SSSR count). The lowest BCUT2D eigenvalue weighted by molar-refractivity contribution is -0.281. The summed E-state index contributed by atoms with van der Waals surface area (Å²) >= 11 is 0. The molecule has 1 N–H and O–H groups in total. The topological polar surface area (TPSA) is 129 Å². The third-order valence-corrected chi connectivity index (χ3v) is 3.64. The van der Waals surface area contributed by atoms with Crippen LogP contribution in [-0.2, 0) is 38.1 Å². The van der Waals surface area contributed by atoms with Crippen LogP contribution in [0.5, 0.6) is 0 Å². The van der Waals surface area contributed by atoms with Crippen LogP contribution in [0.4, 0.5) is 0 Å². The molecule has 1 aliphatic heterocycles. The molecule has 1 saturated heterocycles. The van der Waals surface area contributed by atoms with Crippen LogP contribution >= 0.6 is 0 Å². The van der Waals surface area contributed by atoms with Crippen LogP contribution < -0.4 is 0 Å². The van der Waals surface area contributed by atoms with Gasteiger partial charge in [0.2, 0.25) is 5.91 Å². The van der Waals surface area contributed by atoms with Crippen molar-refractivity contribution in [2.75, 3.05) is 13.7 Å². The van der Waals surface area contributed by atoms with E-state index in [1.54, 1.807) is 0 Å². The molecule has 0 aliphatic carbocycles. The van der Waals surface area contributed by atoms with Crippen LogP contribution in [0.1, 0.15) is 27.7 Å². The zero-order chi connectivity index (χ0) is 19.3. The summed E-state index contributed by atoms with van der Waals surface area (Å²) in [5.41, 5.74) is 0. The Morgan fingerprint density at radius 1 is 0.960 bits per heavy atom. The van der Waals surface area contributed by atoms with E-state index in [0.717, 1.165) is 13.8 Å². The van der Waals surface area contributed by atoms with Gasteiger partial charge in [-0.05, 0) is 0 Å². The fourth-order valence-electron chi connectivity index (χ4n) is 2.57. The summed E-state index contributed by atoms with van der Waals surface area (Å²) in [6, 6.07) is -0.950. The lowest BCUT2D eigenvalue weighted by Crippen LogP contribution is -2.66. The minimum absolute atomic E-state index is 0.292. The Morgan fingerprint density at radius 2 is 1.48 bits per heavy atom. The molecule has 0 aromatic carbocycles. The Balaban J connectivity index is 3.23. The molecule has 0 aromatic rings. The van der Waals surface area contributed by atoms with E-state index in [9.17, 15) is 24.3 Å². The summed E-state index contributed by atoms with van der Waals surface area (Å²) in [6.45, 7) is 4.43. The highest BCUT2D eigenvalue weighted by Gasteiger charge is 2.51. The van der Waals surface area contributed by atoms with E-state index in [4.69, 9.17) is 18.9 Å². The normalized spacial score (nSPS) is 28.6. The lowest BCUT2D eigenvalue weighted by Gasteiger charge is -2.46. The van der Waals surface area contributed by atoms with Crippen molar-refractivity contribution >= 4 is 23.8 Å². The zero-order valence-corrected chi connectivity index (χ0v) is 14.8. The number of ether oxygens (including phenoxy) is 4. The standard InChI is InChI=1S/C15H23NO9/c1-7(17)16(5)12-11(6-22-8(2)18)25-15(21)14(24-10(4)20)13(12)23-9(3)19/h11-15,21H,6H2,1-5H3/t11-,12+,13+,14+,15+/m1/s1. The second-order valence-corrected chi connectivity index (χ2v) is 5.64. The van der Waals surface area contributed by atoms with Gasteiger partial charge in [0, 0.05) is 34.7 Å². The van der Waals surface area contributed by atoms with Crippen LogP contribution in [0.15, 0.2) is 0 Å². The average molecular weight is 361 g/mol. The molecule has 142 valence electrons. The lowest BCUT2D eigenvalue weighted by atomic mass is 9.94. The van der Waals surface area contributed by atoms with E-state index in [2.05, 4.69) is 0 Å². The fourth-order valence-corrected chi connectivity index (χ4v) is 2.57. The quantitative estimate of drug-likeness (QED) is 0.483. The van der Waals surface area contributed by atoms with Gasteiger partial charge in [-0.1, -0.05) is 0 Å². The monoisotopic (exact) mass is 361 g/mol. The molecule has 0 radical (unpaired) electrons. The van der Waals surface area contributed by atoms with Crippen molar-refractivity contribution in [2.45, 2.75) is 58.3 Å². The summed E-state index contributed by atoms with van der Waals surface area (Å²) in [7, 11) is 1.43. The second-order valence-electron chi connectivity index (χ2n) is 5.64. The number of aliphatic hydroxyl groups excluding tert-OH is 1. The van der Waals surface area contributed by atoms with Crippen LogP contribution in [0, 0.1) is 0 Å². The van der Waals surface area contributed by atoms with Crippen molar-refractivity contribution in [1.29, 1.82) is 0 Å². The number of hydrogen-bond donors (Lipinski definition) is 1. The third-order valence-electron chi connectivity index (χ3n) is 3.64. The minimum Gasteiger partial charge on any atom is -0.463 e. The molecule has 25 heavy (non-hydrogen) atoms. The van der Waals surface area contributed by atoms with Gasteiger partial charge < -0.3 is 29.0 Å². The summed E-state index contributed by atoms with van der Waals surface area (Å²) in [6.07, 6.45) is -5.18.